The lowest BCUT2D eigenvalue weighted by molar-refractivity contribution is -0.853. The molecular weight excluding hydrogens is 266 g/mol. The maximum Gasteiger partial charge on any atom is 0.300 e. The van der Waals surface area contributed by atoms with E-state index >= 15 is 0 Å². The molecule has 1 fully saturated rings. The molecule has 1 atom stereocenters. The fraction of sp³-hybridized carbons (Fsp3) is 0.917. The first-order chi connectivity index (χ1) is 7.28. The lowest BCUT2D eigenvalue weighted by atomic mass is 10.1. The van der Waals surface area contributed by atoms with Gasteiger partial charge in [0.2, 0.25) is 0 Å². The molecular formula is C12H24BrN3. The summed E-state index contributed by atoms with van der Waals surface area (Å²) in [6.45, 7) is 8.48. The lowest BCUT2D eigenvalue weighted by Gasteiger charge is -2.46. The molecule has 0 saturated carbocycles. The fourth-order valence-corrected chi connectivity index (χ4v) is 2.99. The molecule has 0 aliphatic carbocycles. The van der Waals surface area contributed by atoms with Crippen molar-refractivity contribution in [3.8, 4) is 0 Å². The van der Waals surface area contributed by atoms with E-state index in [2.05, 4.69) is 18.9 Å². The van der Waals surface area contributed by atoms with E-state index < -0.39 is 0 Å². The third-order valence-electron chi connectivity index (χ3n) is 3.78. The second kappa shape index (κ2) is 6.01. The number of hydrogen-bond donors (Lipinski definition) is 0. The summed E-state index contributed by atoms with van der Waals surface area (Å²) in [4.78, 5) is 7.16. The summed E-state index contributed by atoms with van der Waals surface area (Å²) in [5, 5.41) is 0. The molecule has 3 nitrogen and oxygen atoms in total. The number of hydrogen-bond acceptors (Lipinski definition) is 2. The third-order valence-corrected chi connectivity index (χ3v) is 3.78. The summed E-state index contributed by atoms with van der Waals surface area (Å²) in [5.41, 5.74) is 0. The Morgan fingerprint density at radius 1 is 1.31 bits per heavy atom. The van der Waals surface area contributed by atoms with E-state index in [1.807, 2.05) is 0 Å². The van der Waals surface area contributed by atoms with Gasteiger partial charge in [0.05, 0.1) is 26.2 Å². The van der Waals surface area contributed by atoms with Crippen LogP contribution in [-0.4, -0.2) is 55.1 Å². The first kappa shape index (κ1) is 14.0. The summed E-state index contributed by atoms with van der Waals surface area (Å²) < 4.78 is 1.18. The van der Waals surface area contributed by atoms with Gasteiger partial charge < -0.3 is 21.9 Å². The van der Waals surface area contributed by atoms with Crippen molar-refractivity contribution in [2.45, 2.75) is 32.6 Å². The molecule has 0 N–H and O–H groups in total. The second-order valence-corrected chi connectivity index (χ2v) is 4.98. The Morgan fingerprint density at radius 3 is 2.81 bits per heavy atom. The Labute approximate surface area is 110 Å². The van der Waals surface area contributed by atoms with E-state index in [0.717, 1.165) is 6.54 Å². The van der Waals surface area contributed by atoms with Gasteiger partial charge in [-0.05, 0) is 6.42 Å². The summed E-state index contributed by atoms with van der Waals surface area (Å²) >= 11 is 0. The Hall–Kier alpha value is -0.0900. The van der Waals surface area contributed by atoms with Crippen LogP contribution in [-0.2, 0) is 0 Å². The number of nitrogens with zero attached hydrogens (tertiary/aromatic N) is 3. The highest BCUT2D eigenvalue weighted by atomic mass is 79.9. The number of aliphatic imine (C=N–C) groups is 1. The highest BCUT2D eigenvalue weighted by molar-refractivity contribution is 5.74. The van der Waals surface area contributed by atoms with Gasteiger partial charge in [-0.2, -0.15) is 0 Å². The maximum atomic E-state index is 4.77. The molecule has 1 unspecified atom stereocenters. The predicted molar refractivity (Wildman–Crippen MR) is 63.9 cm³/mol. The summed E-state index contributed by atoms with van der Waals surface area (Å²) in [5.74, 6) is 1.38. The molecule has 0 radical (unpaired) electrons. The Morgan fingerprint density at radius 2 is 2.06 bits per heavy atom. The zero-order valence-corrected chi connectivity index (χ0v) is 12.2. The minimum atomic E-state index is 0. The molecule has 0 spiro atoms. The van der Waals surface area contributed by atoms with Crippen molar-refractivity contribution in [1.29, 1.82) is 0 Å². The van der Waals surface area contributed by atoms with Crippen molar-refractivity contribution in [2.24, 2.45) is 4.99 Å². The predicted octanol–water partition coefficient (Wildman–Crippen LogP) is -1.30. The summed E-state index contributed by atoms with van der Waals surface area (Å²) in [7, 11) is 2.21. The van der Waals surface area contributed by atoms with Crippen molar-refractivity contribution in [3.63, 3.8) is 0 Å². The molecule has 1 saturated heterocycles. The Kier molecular flexibility index (Phi) is 5.25. The lowest BCUT2D eigenvalue weighted by Crippen LogP contribution is -3.00. The quantitative estimate of drug-likeness (QED) is 0.590. The zero-order chi connectivity index (χ0) is 10.7. The highest BCUT2D eigenvalue weighted by Gasteiger charge is 2.40. The molecule has 0 aromatic heterocycles. The maximum absolute atomic E-state index is 4.77. The minimum Gasteiger partial charge on any atom is -1.00 e. The topological polar surface area (TPSA) is 15.6 Å². The van der Waals surface area contributed by atoms with Crippen LogP contribution in [0.5, 0.6) is 0 Å². The van der Waals surface area contributed by atoms with E-state index in [4.69, 9.17) is 4.99 Å². The number of unbranched alkanes of at least 4 members (excludes halogenated alkanes) is 1. The van der Waals surface area contributed by atoms with Gasteiger partial charge in [0.1, 0.15) is 0 Å². The molecule has 0 amide bonds. The second-order valence-electron chi connectivity index (χ2n) is 4.98. The van der Waals surface area contributed by atoms with Crippen molar-refractivity contribution in [3.05, 3.63) is 0 Å². The number of fused-ring (bicyclic) bond motifs is 1. The van der Waals surface area contributed by atoms with Crippen LogP contribution < -0.4 is 17.0 Å². The Balaban J connectivity index is 0.00000128. The van der Waals surface area contributed by atoms with Crippen molar-refractivity contribution in [1.82, 2.24) is 4.90 Å². The SMILES string of the molecule is CCCC[N+]12CCCN=C1N(C)CCC2.[Br-]. The molecule has 16 heavy (non-hydrogen) atoms. The number of guanidine groups is 1. The average molecular weight is 290 g/mol. The van der Waals surface area contributed by atoms with Gasteiger partial charge >= 0.3 is 0 Å². The normalized spacial score (nSPS) is 29.1. The number of quaternary nitrogens is 1. The van der Waals surface area contributed by atoms with Crippen LogP contribution in [0.1, 0.15) is 32.6 Å². The van der Waals surface area contributed by atoms with Crippen LogP contribution in [0, 0.1) is 0 Å². The highest BCUT2D eigenvalue weighted by Crippen LogP contribution is 2.23. The van der Waals surface area contributed by atoms with E-state index in [1.165, 1.54) is 62.3 Å². The molecule has 0 bridgehead atoms. The van der Waals surface area contributed by atoms with Crippen LogP contribution in [0.2, 0.25) is 0 Å². The van der Waals surface area contributed by atoms with Gasteiger partial charge in [-0.15, -0.1) is 0 Å². The van der Waals surface area contributed by atoms with Crippen LogP contribution in [0.4, 0.5) is 0 Å². The summed E-state index contributed by atoms with van der Waals surface area (Å²) in [6.07, 6.45) is 5.25. The molecule has 0 aromatic carbocycles. The van der Waals surface area contributed by atoms with Gasteiger partial charge in [0.15, 0.2) is 0 Å². The van der Waals surface area contributed by atoms with Gasteiger partial charge in [0.25, 0.3) is 5.96 Å². The molecule has 4 heteroatoms. The summed E-state index contributed by atoms with van der Waals surface area (Å²) in [6, 6.07) is 0. The van der Waals surface area contributed by atoms with Crippen molar-refractivity contribution >= 4 is 5.96 Å². The van der Waals surface area contributed by atoms with E-state index in [0.29, 0.717) is 0 Å². The van der Waals surface area contributed by atoms with Gasteiger partial charge in [0, 0.05) is 26.4 Å². The average Bonchev–Trinajstić information content (AvgIpc) is 2.27. The minimum absolute atomic E-state index is 0. The molecule has 2 aliphatic rings. The number of rotatable bonds is 3. The number of halogens is 1. The standard InChI is InChI=1S/C12H24N3.BrH/c1-3-4-9-15-10-5-7-13-12(15)14(2)8-6-11-15;/h3-11H2,1-2H3;1H/q+1;/p-1. The van der Waals surface area contributed by atoms with Crippen molar-refractivity contribution in [2.75, 3.05) is 39.8 Å². The Bertz CT molecular complexity index is 255. The largest absolute Gasteiger partial charge is 1.00 e. The monoisotopic (exact) mass is 289 g/mol. The fourth-order valence-electron chi connectivity index (χ4n) is 2.99. The van der Waals surface area contributed by atoms with Crippen LogP contribution in [0.25, 0.3) is 0 Å². The third kappa shape index (κ3) is 2.59. The zero-order valence-electron chi connectivity index (χ0n) is 10.6. The van der Waals surface area contributed by atoms with E-state index in [9.17, 15) is 0 Å². The van der Waals surface area contributed by atoms with Gasteiger partial charge in [-0.3, -0.25) is 4.48 Å². The smallest absolute Gasteiger partial charge is 0.300 e. The molecule has 94 valence electrons. The van der Waals surface area contributed by atoms with Crippen LogP contribution in [0.3, 0.4) is 0 Å². The molecule has 2 aliphatic heterocycles. The molecule has 0 aromatic rings. The van der Waals surface area contributed by atoms with Crippen LogP contribution >= 0.6 is 0 Å². The van der Waals surface area contributed by atoms with Crippen molar-refractivity contribution < 1.29 is 21.5 Å². The first-order valence-electron chi connectivity index (χ1n) is 6.41. The van der Waals surface area contributed by atoms with E-state index in [1.54, 1.807) is 0 Å². The van der Waals surface area contributed by atoms with E-state index in [-0.39, 0.29) is 17.0 Å². The first-order valence-corrected chi connectivity index (χ1v) is 6.41. The molecule has 2 heterocycles. The molecule has 2 rings (SSSR count). The van der Waals surface area contributed by atoms with Gasteiger partial charge in [-0.25, -0.2) is 4.99 Å². The van der Waals surface area contributed by atoms with Gasteiger partial charge in [-0.1, -0.05) is 13.3 Å². The van der Waals surface area contributed by atoms with Crippen LogP contribution in [0.15, 0.2) is 4.99 Å².